The minimum absolute atomic E-state index is 0.128. The zero-order chi connectivity index (χ0) is 12.8. The average Bonchev–Trinajstić information content (AvgIpc) is 2.83. The van der Waals surface area contributed by atoms with Crippen LogP contribution in [-0.4, -0.2) is 26.7 Å². The number of nitrogens with one attached hydrogen (secondary N) is 1. The van der Waals surface area contributed by atoms with Crippen molar-refractivity contribution < 1.29 is 9.50 Å². The standard InChI is InChI=1S/C12H15FN4O/c13-11-4-1-2-5-12(11)14-8-10-9-17(16-15-10)6-3-7-18/h1-2,4-5,9,14,18H,3,6-8H2. The van der Waals surface area contributed by atoms with Gasteiger partial charge in [-0.15, -0.1) is 5.10 Å². The maximum absolute atomic E-state index is 13.3. The van der Waals surface area contributed by atoms with Crippen LogP contribution >= 0.6 is 0 Å². The van der Waals surface area contributed by atoms with E-state index in [1.807, 2.05) is 0 Å². The number of benzene rings is 1. The molecule has 0 radical (unpaired) electrons. The third-order valence-corrected chi connectivity index (χ3v) is 2.47. The van der Waals surface area contributed by atoms with Gasteiger partial charge in [-0.25, -0.2) is 4.39 Å². The molecule has 5 nitrogen and oxygen atoms in total. The van der Waals surface area contributed by atoms with Crippen LogP contribution < -0.4 is 5.32 Å². The highest BCUT2D eigenvalue weighted by molar-refractivity contribution is 5.44. The zero-order valence-electron chi connectivity index (χ0n) is 9.88. The minimum atomic E-state index is -0.287. The third kappa shape index (κ3) is 3.27. The Morgan fingerprint density at radius 2 is 2.17 bits per heavy atom. The van der Waals surface area contributed by atoms with E-state index in [1.165, 1.54) is 6.07 Å². The van der Waals surface area contributed by atoms with E-state index >= 15 is 0 Å². The Bertz CT molecular complexity index is 500. The normalized spacial score (nSPS) is 10.6. The van der Waals surface area contributed by atoms with Gasteiger partial charge < -0.3 is 10.4 Å². The van der Waals surface area contributed by atoms with Crippen LogP contribution in [0.5, 0.6) is 0 Å². The molecule has 2 N–H and O–H groups in total. The number of aliphatic hydroxyl groups is 1. The average molecular weight is 250 g/mol. The fourth-order valence-corrected chi connectivity index (χ4v) is 1.55. The van der Waals surface area contributed by atoms with Crippen molar-refractivity contribution in [3.05, 3.63) is 42.0 Å². The first-order valence-electron chi connectivity index (χ1n) is 5.78. The number of aliphatic hydroxyl groups excluding tert-OH is 1. The van der Waals surface area contributed by atoms with Gasteiger partial charge in [0.2, 0.25) is 0 Å². The van der Waals surface area contributed by atoms with Gasteiger partial charge in [0.1, 0.15) is 11.5 Å². The highest BCUT2D eigenvalue weighted by Gasteiger charge is 2.03. The number of para-hydroxylation sites is 1. The van der Waals surface area contributed by atoms with Gasteiger partial charge in [0, 0.05) is 13.2 Å². The number of hydrogen-bond acceptors (Lipinski definition) is 4. The second-order valence-electron chi connectivity index (χ2n) is 3.88. The molecule has 6 heteroatoms. The maximum atomic E-state index is 13.3. The molecule has 0 aliphatic carbocycles. The highest BCUT2D eigenvalue weighted by atomic mass is 19.1. The van der Waals surface area contributed by atoms with E-state index in [9.17, 15) is 4.39 Å². The second kappa shape index (κ2) is 6.11. The molecule has 0 amide bonds. The van der Waals surface area contributed by atoms with E-state index in [4.69, 9.17) is 5.11 Å². The largest absolute Gasteiger partial charge is 0.396 e. The molecular weight excluding hydrogens is 235 g/mol. The number of anilines is 1. The summed E-state index contributed by atoms with van der Waals surface area (Å²) in [4.78, 5) is 0. The summed E-state index contributed by atoms with van der Waals surface area (Å²) in [6.45, 7) is 1.17. The van der Waals surface area contributed by atoms with E-state index in [0.717, 1.165) is 5.69 Å². The summed E-state index contributed by atoms with van der Waals surface area (Å²) in [5.41, 5.74) is 1.18. The summed E-state index contributed by atoms with van der Waals surface area (Å²) >= 11 is 0. The molecule has 0 saturated carbocycles. The van der Waals surface area contributed by atoms with Gasteiger partial charge in [-0.1, -0.05) is 17.3 Å². The first-order valence-corrected chi connectivity index (χ1v) is 5.78. The molecule has 0 fully saturated rings. The van der Waals surface area contributed by atoms with Crippen molar-refractivity contribution in [1.29, 1.82) is 0 Å². The Morgan fingerprint density at radius 1 is 1.33 bits per heavy atom. The number of nitrogens with zero attached hydrogens (tertiary/aromatic N) is 3. The van der Waals surface area contributed by atoms with Crippen LogP contribution in [0.1, 0.15) is 12.1 Å². The van der Waals surface area contributed by atoms with Crippen molar-refractivity contribution in [1.82, 2.24) is 15.0 Å². The van der Waals surface area contributed by atoms with Crippen LogP contribution in [0.15, 0.2) is 30.5 Å². The molecule has 1 aromatic carbocycles. The smallest absolute Gasteiger partial charge is 0.146 e. The number of halogens is 1. The molecule has 0 saturated heterocycles. The van der Waals surface area contributed by atoms with E-state index in [2.05, 4.69) is 15.6 Å². The molecule has 96 valence electrons. The van der Waals surface area contributed by atoms with E-state index in [-0.39, 0.29) is 12.4 Å². The Labute approximate surface area is 104 Å². The van der Waals surface area contributed by atoms with Crippen LogP contribution in [0.25, 0.3) is 0 Å². The van der Waals surface area contributed by atoms with E-state index in [1.54, 1.807) is 29.1 Å². The highest BCUT2D eigenvalue weighted by Crippen LogP contribution is 2.13. The van der Waals surface area contributed by atoms with Gasteiger partial charge in [-0.2, -0.15) is 0 Å². The molecule has 0 aliphatic rings. The molecule has 0 spiro atoms. The summed E-state index contributed by atoms with van der Waals surface area (Å²) in [5.74, 6) is -0.287. The van der Waals surface area contributed by atoms with Gasteiger partial charge >= 0.3 is 0 Å². The Morgan fingerprint density at radius 3 is 2.94 bits per heavy atom. The molecule has 2 aromatic rings. The predicted molar refractivity (Wildman–Crippen MR) is 65.5 cm³/mol. The first kappa shape index (κ1) is 12.5. The summed E-state index contributed by atoms with van der Waals surface area (Å²) in [7, 11) is 0. The van der Waals surface area contributed by atoms with Gasteiger partial charge in [0.25, 0.3) is 0 Å². The van der Waals surface area contributed by atoms with Gasteiger partial charge in [-0.05, 0) is 18.6 Å². The number of aromatic nitrogens is 3. The Balaban J connectivity index is 1.90. The van der Waals surface area contributed by atoms with Crippen LogP contribution in [0.4, 0.5) is 10.1 Å². The Kier molecular flexibility index (Phi) is 4.25. The topological polar surface area (TPSA) is 63.0 Å². The van der Waals surface area contributed by atoms with Gasteiger partial charge in [0.05, 0.1) is 18.4 Å². The van der Waals surface area contributed by atoms with E-state index < -0.39 is 0 Å². The quantitative estimate of drug-likeness (QED) is 0.813. The van der Waals surface area contributed by atoms with Gasteiger partial charge in [-0.3, -0.25) is 4.68 Å². The van der Waals surface area contributed by atoms with Crippen molar-refractivity contribution in [2.75, 3.05) is 11.9 Å². The molecule has 18 heavy (non-hydrogen) atoms. The minimum Gasteiger partial charge on any atom is -0.396 e. The third-order valence-electron chi connectivity index (χ3n) is 2.47. The fourth-order valence-electron chi connectivity index (χ4n) is 1.55. The molecule has 0 bridgehead atoms. The van der Waals surface area contributed by atoms with Crippen molar-refractivity contribution in [2.45, 2.75) is 19.5 Å². The van der Waals surface area contributed by atoms with Gasteiger partial charge in [0.15, 0.2) is 0 Å². The second-order valence-corrected chi connectivity index (χ2v) is 3.88. The summed E-state index contributed by atoms with van der Waals surface area (Å²) in [5, 5.41) is 19.5. The molecule has 1 aromatic heterocycles. The van der Waals surface area contributed by atoms with E-state index in [0.29, 0.717) is 25.2 Å². The molecule has 1 heterocycles. The number of hydrogen-bond donors (Lipinski definition) is 2. The lowest BCUT2D eigenvalue weighted by Gasteiger charge is -2.04. The predicted octanol–water partition coefficient (Wildman–Crippen LogP) is 1.41. The SMILES string of the molecule is OCCCn1cc(CNc2ccccc2F)nn1. The van der Waals surface area contributed by atoms with Crippen molar-refractivity contribution >= 4 is 5.69 Å². The fraction of sp³-hybridized carbons (Fsp3) is 0.333. The summed E-state index contributed by atoms with van der Waals surface area (Å²) in [6.07, 6.45) is 2.42. The zero-order valence-corrected chi connectivity index (χ0v) is 9.88. The number of rotatable bonds is 6. The van der Waals surface area contributed by atoms with Crippen LogP contribution in [0.2, 0.25) is 0 Å². The lowest BCUT2D eigenvalue weighted by molar-refractivity contribution is 0.276. The lowest BCUT2D eigenvalue weighted by Crippen LogP contribution is -2.02. The summed E-state index contributed by atoms with van der Waals surface area (Å²) < 4.78 is 15.0. The first-order chi connectivity index (χ1) is 8.79. The Hall–Kier alpha value is -1.95. The lowest BCUT2D eigenvalue weighted by atomic mass is 10.3. The molecule has 2 rings (SSSR count). The summed E-state index contributed by atoms with van der Waals surface area (Å²) in [6, 6.07) is 6.49. The molecular formula is C12H15FN4O. The van der Waals surface area contributed by atoms with Crippen molar-refractivity contribution in [3.8, 4) is 0 Å². The van der Waals surface area contributed by atoms with Crippen molar-refractivity contribution in [3.63, 3.8) is 0 Å². The van der Waals surface area contributed by atoms with Crippen LogP contribution in [-0.2, 0) is 13.1 Å². The van der Waals surface area contributed by atoms with Crippen LogP contribution in [0, 0.1) is 5.82 Å². The molecule has 0 atom stereocenters. The molecule has 0 unspecified atom stereocenters. The monoisotopic (exact) mass is 250 g/mol. The maximum Gasteiger partial charge on any atom is 0.146 e. The van der Waals surface area contributed by atoms with Crippen LogP contribution in [0.3, 0.4) is 0 Å². The van der Waals surface area contributed by atoms with Crippen molar-refractivity contribution in [2.24, 2.45) is 0 Å². The number of aryl methyl sites for hydroxylation is 1. The molecule has 0 aliphatic heterocycles.